The summed E-state index contributed by atoms with van der Waals surface area (Å²) in [7, 11) is 1.64. The van der Waals surface area contributed by atoms with Crippen molar-refractivity contribution in [2.75, 3.05) is 12.1 Å². The van der Waals surface area contributed by atoms with E-state index in [1.165, 1.54) is 24.1 Å². The van der Waals surface area contributed by atoms with Crippen LogP contribution in [0.3, 0.4) is 0 Å². The van der Waals surface area contributed by atoms with Crippen LogP contribution in [-0.2, 0) is 15.2 Å². The molecule has 0 aliphatic carbocycles. The Morgan fingerprint density at radius 1 is 1.28 bits per heavy atom. The van der Waals surface area contributed by atoms with Gasteiger partial charge in [0.1, 0.15) is 0 Å². The summed E-state index contributed by atoms with van der Waals surface area (Å²) in [6, 6.07) is 11.5. The van der Waals surface area contributed by atoms with Crippen LogP contribution in [-0.4, -0.2) is 24.8 Å². The molecule has 0 radical (unpaired) electrons. The number of alkyl halides is 3. The number of oxime groups is 1. The summed E-state index contributed by atoms with van der Waals surface area (Å²) in [5, 5.41) is 5.30. The molecule has 3 rings (SSSR count). The summed E-state index contributed by atoms with van der Waals surface area (Å²) < 4.78 is 43.1. The minimum absolute atomic E-state index is 0.0275. The Kier molecular flexibility index (Phi) is 5.79. The fourth-order valence-electron chi connectivity index (χ4n) is 3.22. The predicted molar refractivity (Wildman–Crippen MR) is 113 cm³/mol. The molecule has 1 aliphatic heterocycles. The lowest BCUT2D eigenvalue weighted by Gasteiger charge is -2.30. The van der Waals surface area contributed by atoms with Crippen LogP contribution in [0.25, 0.3) is 0 Å². The lowest BCUT2D eigenvalue weighted by Crippen LogP contribution is -2.42. The van der Waals surface area contributed by atoms with Gasteiger partial charge in [0.2, 0.25) is 5.91 Å². The van der Waals surface area contributed by atoms with Crippen LogP contribution in [0.4, 0.5) is 18.9 Å². The van der Waals surface area contributed by atoms with Gasteiger partial charge < -0.3 is 4.84 Å². The highest BCUT2D eigenvalue weighted by molar-refractivity contribution is 14.1. The van der Waals surface area contributed by atoms with Crippen LogP contribution in [0.2, 0.25) is 0 Å². The molecule has 1 N–H and O–H groups in total. The predicted octanol–water partition coefficient (Wildman–Crippen LogP) is 4.67. The van der Waals surface area contributed by atoms with Gasteiger partial charge in [-0.3, -0.25) is 15.2 Å². The highest BCUT2D eigenvalue weighted by Gasteiger charge is 2.62. The average molecular weight is 517 g/mol. The van der Waals surface area contributed by atoms with Crippen molar-refractivity contribution in [1.29, 1.82) is 0 Å². The molecule has 5 nitrogen and oxygen atoms in total. The number of amides is 1. The number of aryl methyl sites for hydroxylation is 1. The van der Waals surface area contributed by atoms with Crippen LogP contribution < -0.4 is 10.4 Å². The Morgan fingerprint density at radius 2 is 2.00 bits per heavy atom. The summed E-state index contributed by atoms with van der Waals surface area (Å²) in [6.45, 7) is 3.12. The van der Waals surface area contributed by atoms with E-state index >= 15 is 0 Å². The summed E-state index contributed by atoms with van der Waals surface area (Å²) in [6.07, 6.45) is -5.09. The molecule has 1 unspecified atom stereocenters. The maximum Gasteiger partial charge on any atom is 0.435 e. The van der Waals surface area contributed by atoms with Crippen molar-refractivity contribution in [3.05, 3.63) is 62.7 Å². The van der Waals surface area contributed by atoms with Crippen molar-refractivity contribution in [3.63, 3.8) is 0 Å². The van der Waals surface area contributed by atoms with Crippen LogP contribution in [0.1, 0.15) is 30.0 Å². The van der Waals surface area contributed by atoms with E-state index in [9.17, 15) is 18.0 Å². The number of halogens is 4. The van der Waals surface area contributed by atoms with E-state index in [2.05, 4.69) is 10.6 Å². The first-order chi connectivity index (χ1) is 13.5. The van der Waals surface area contributed by atoms with Crippen molar-refractivity contribution >= 4 is 39.9 Å². The zero-order valence-corrected chi connectivity index (χ0v) is 18.1. The third-order valence-corrected chi connectivity index (χ3v) is 5.21. The highest BCUT2D eigenvalue weighted by atomic mass is 127. The van der Waals surface area contributed by atoms with Crippen molar-refractivity contribution in [3.8, 4) is 0 Å². The Labute approximate surface area is 180 Å². The Hall–Kier alpha value is -2.30. The third kappa shape index (κ3) is 4.34. The maximum absolute atomic E-state index is 14.1. The molecule has 2 aromatic rings. The zero-order chi connectivity index (χ0) is 21.4. The molecule has 1 amide bonds. The fraction of sp³-hybridized carbons (Fsp3) is 0.300. The molecular formula is C20H19F3IN3O2. The van der Waals surface area contributed by atoms with E-state index in [-0.39, 0.29) is 17.2 Å². The number of carbonyl (C=O) groups excluding carboxylic acids is 1. The number of nitrogens with one attached hydrogen (secondary N) is 1. The van der Waals surface area contributed by atoms with Crippen molar-refractivity contribution in [1.82, 2.24) is 5.43 Å². The SMILES string of the molecule is CC(=O)NN(C)c1cccc(C2=NOC(c3cc(C)cc(I)c3)(C(F)(F)F)C2)c1. The maximum atomic E-state index is 14.1. The van der Waals surface area contributed by atoms with Crippen LogP contribution >= 0.6 is 22.6 Å². The molecule has 1 atom stereocenters. The molecule has 1 aliphatic rings. The first-order valence-electron chi connectivity index (χ1n) is 8.73. The minimum atomic E-state index is -4.65. The second-order valence-electron chi connectivity index (χ2n) is 6.93. The van der Waals surface area contributed by atoms with Gasteiger partial charge in [-0.15, -0.1) is 0 Å². The quantitative estimate of drug-likeness (QED) is 0.474. The Morgan fingerprint density at radius 3 is 2.62 bits per heavy atom. The van der Waals surface area contributed by atoms with Gasteiger partial charge in [-0.05, 0) is 59.3 Å². The number of benzene rings is 2. The molecule has 1 heterocycles. The van der Waals surface area contributed by atoms with Gasteiger partial charge in [0.05, 0.1) is 11.4 Å². The number of hydrazine groups is 1. The molecule has 0 bridgehead atoms. The smallest absolute Gasteiger partial charge is 0.374 e. The molecule has 9 heteroatoms. The average Bonchev–Trinajstić information content (AvgIpc) is 3.07. The second-order valence-corrected chi connectivity index (χ2v) is 8.17. The van der Waals surface area contributed by atoms with Gasteiger partial charge in [0.15, 0.2) is 0 Å². The molecule has 0 spiro atoms. The van der Waals surface area contributed by atoms with Gasteiger partial charge in [-0.2, -0.15) is 13.2 Å². The molecule has 0 fully saturated rings. The van der Waals surface area contributed by atoms with E-state index in [4.69, 9.17) is 4.84 Å². The van der Waals surface area contributed by atoms with Gasteiger partial charge in [0.25, 0.3) is 5.60 Å². The summed E-state index contributed by atoms with van der Waals surface area (Å²) in [5.74, 6) is -0.260. The van der Waals surface area contributed by atoms with E-state index in [1.54, 1.807) is 44.3 Å². The zero-order valence-electron chi connectivity index (χ0n) is 16.0. The highest BCUT2D eigenvalue weighted by Crippen LogP contribution is 2.49. The van der Waals surface area contributed by atoms with Crippen molar-refractivity contribution < 1.29 is 22.8 Å². The molecule has 0 aromatic heterocycles. The van der Waals surface area contributed by atoms with E-state index in [1.807, 2.05) is 22.6 Å². The number of hydrogen-bond acceptors (Lipinski definition) is 4. The lowest BCUT2D eigenvalue weighted by atomic mass is 9.86. The van der Waals surface area contributed by atoms with Gasteiger partial charge in [-0.1, -0.05) is 23.4 Å². The second kappa shape index (κ2) is 7.85. The van der Waals surface area contributed by atoms with E-state index in [0.717, 1.165) is 0 Å². The molecule has 154 valence electrons. The standard InChI is InChI=1S/C20H19F3IN3O2/c1-12-7-15(10-16(24)8-12)19(20(21,22)23)11-18(26-29-19)14-5-4-6-17(9-14)27(3)25-13(2)28/h4-10H,11H2,1-3H3,(H,25,28). The molecule has 0 saturated heterocycles. The molecule has 0 saturated carbocycles. The largest absolute Gasteiger partial charge is 0.435 e. The normalized spacial score (nSPS) is 18.8. The summed E-state index contributed by atoms with van der Waals surface area (Å²) >= 11 is 1.99. The van der Waals surface area contributed by atoms with E-state index in [0.29, 0.717) is 20.4 Å². The topological polar surface area (TPSA) is 53.9 Å². The van der Waals surface area contributed by atoms with Gasteiger partial charge in [0, 0.05) is 35.1 Å². The monoisotopic (exact) mass is 517 g/mol. The summed E-state index contributed by atoms with van der Waals surface area (Å²) in [4.78, 5) is 16.4. The number of anilines is 1. The van der Waals surface area contributed by atoms with Crippen molar-refractivity contribution in [2.45, 2.75) is 32.0 Å². The minimum Gasteiger partial charge on any atom is -0.374 e. The number of carbonyl (C=O) groups is 1. The number of rotatable bonds is 4. The van der Waals surface area contributed by atoms with Crippen LogP contribution in [0.5, 0.6) is 0 Å². The van der Waals surface area contributed by atoms with Gasteiger partial charge in [-0.25, -0.2) is 0 Å². The Bertz CT molecular complexity index is 957. The number of nitrogens with zero attached hydrogens (tertiary/aromatic N) is 2. The third-order valence-electron chi connectivity index (χ3n) is 4.59. The van der Waals surface area contributed by atoms with E-state index < -0.39 is 18.2 Å². The molecular weight excluding hydrogens is 498 g/mol. The lowest BCUT2D eigenvalue weighted by molar-refractivity contribution is -0.275. The first-order valence-corrected chi connectivity index (χ1v) is 9.80. The van der Waals surface area contributed by atoms with Crippen molar-refractivity contribution in [2.24, 2.45) is 5.16 Å². The number of hydrogen-bond donors (Lipinski definition) is 1. The fourth-order valence-corrected chi connectivity index (χ4v) is 4.05. The molecule has 29 heavy (non-hydrogen) atoms. The van der Waals surface area contributed by atoms with Crippen LogP contribution in [0.15, 0.2) is 47.6 Å². The molecule has 2 aromatic carbocycles. The first kappa shape index (κ1) is 21.4. The van der Waals surface area contributed by atoms with Gasteiger partial charge >= 0.3 is 6.18 Å². The Balaban J connectivity index is 1.96. The summed E-state index contributed by atoms with van der Waals surface area (Å²) in [5.41, 5.74) is 2.10. The van der Waals surface area contributed by atoms with Crippen LogP contribution in [0, 0.1) is 10.5 Å².